The molecule has 0 N–H and O–H groups in total. The lowest BCUT2D eigenvalue weighted by Gasteiger charge is -2.52. The van der Waals surface area contributed by atoms with Gasteiger partial charge in [-0.3, -0.25) is 9.89 Å². The van der Waals surface area contributed by atoms with Crippen molar-refractivity contribution in [3.8, 4) is 5.75 Å². The fourth-order valence-electron chi connectivity index (χ4n) is 5.66. The topological polar surface area (TPSA) is 51.1 Å². The average Bonchev–Trinajstić information content (AvgIpc) is 2.93. The highest BCUT2D eigenvalue weighted by Gasteiger charge is 2.46. The van der Waals surface area contributed by atoms with E-state index in [4.69, 9.17) is 14.5 Å². The Labute approximate surface area is 207 Å². The molecule has 3 fully saturated rings. The van der Waals surface area contributed by atoms with Crippen molar-refractivity contribution in [2.45, 2.75) is 30.8 Å². The monoisotopic (exact) mass is 468 g/mol. The molecule has 0 aromatic heterocycles. The van der Waals surface area contributed by atoms with Crippen LogP contribution in [0, 0.1) is 5.92 Å². The van der Waals surface area contributed by atoms with Crippen LogP contribution in [0.3, 0.4) is 0 Å². The molecule has 0 saturated carbocycles. The predicted octanol–water partition coefficient (Wildman–Crippen LogP) is 4.95. The lowest BCUT2D eigenvalue weighted by molar-refractivity contribution is -0.142. The number of hydrogen-bond donors (Lipinski definition) is 0. The first-order valence-corrected chi connectivity index (χ1v) is 12.4. The molecule has 2 unspecified atom stereocenters. The third kappa shape index (κ3) is 5.15. The van der Waals surface area contributed by atoms with Crippen LogP contribution in [0.5, 0.6) is 5.75 Å². The molecule has 3 heterocycles. The van der Waals surface area contributed by atoms with Gasteiger partial charge in [0.2, 0.25) is 0 Å². The summed E-state index contributed by atoms with van der Waals surface area (Å²) in [7, 11) is 1.36. The van der Waals surface area contributed by atoms with Gasteiger partial charge in [-0.2, -0.15) is 0 Å². The first-order chi connectivity index (χ1) is 17.2. The van der Waals surface area contributed by atoms with E-state index in [1.54, 1.807) is 0 Å². The van der Waals surface area contributed by atoms with Crippen LogP contribution >= 0.6 is 0 Å². The van der Waals surface area contributed by atoms with Gasteiger partial charge in [-0.15, -0.1) is 0 Å². The summed E-state index contributed by atoms with van der Waals surface area (Å²) in [4.78, 5) is 19.5. The second-order valence-corrected chi connectivity index (χ2v) is 9.33. The zero-order valence-electron chi connectivity index (χ0n) is 20.1. The quantitative estimate of drug-likeness (QED) is 0.347. The van der Waals surface area contributed by atoms with Gasteiger partial charge in [0.05, 0.1) is 13.2 Å². The number of rotatable bonds is 8. The summed E-state index contributed by atoms with van der Waals surface area (Å²) < 4.78 is 10.5. The number of ether oxygens (including phenoxy) is 2. The summed E-state index contributed by atoms with van der Waals surface area (Å²) in [5, 5.41) is 0. The minimum Gasteiger partial charge on any atom is -0.481 e. The molecule has 35 heavy (non-hydrogen) atoms. The van der Waals surface area contributed by atoms with E-state index in [2.05, 4.69) is 65.6 Å². The van der Waals surface area contributed by atoms with Crippen LogP contribution in [-0.2, 0) is 9.53 Å². The number of benzene rings is 3. The van der Waals surface area contributed by atoms with E-state index in [-0.39, 0.29) is 24.6 Å². The van der Waals surface area contributed by atoms with E-state index >= 15 is 0 Å². The molecule has 6 rings (SSSR count). The zero-order chi connectivity index (χ0) is 24.0. The first-order valence-electron chi connectivity index (χ1n) is 12.4. The normalized spacial score (nSPS) is 23.5. The van der Waals surface area contributed by atoms with Crippen LogP contribution in [0.1, 0.15) is 35.4 Å². The van der Waals surface area contributed by atoms with Crippen molar-refractivity contribution in [2.24, 2.45) is 10.9 Å². The van der Waals surface area contributed by atoms with E-state index in [1.807, 2.05) is 30.5 Å². The fourth-order valence-corrected chi connectivity index (χ4v) is 5.66. The molecule has 0 radical (unpaired) electrons. The minimum absolute atomic E-state index is 0.117. The van der Waals surface area contributed by atoms with Crippen molar-refractivity contribution < 1.29 is 14.3 Å². The molecular formula is C30H32N2O3. The molecule has 3 saturated heterocycles. The van der Waals surface area contributed by atoms with Gasteiger partial charge in [0.1, 0.15) is 5.75 Å². The number of nitrogens with zero attached hydrogens (tertiary/aromatic N) is 2. The van der Waals surface area contributed by atoms with Crippen molar-refractivity contribution in [1.29, 1.82) is 0 Å². The van der Waals surface area contributed by atoms with E-state index in [9.17, 15) is 4.79 Å². The summed E-state index contributed by atoms with van der Waals surface area (Å²) in [6, 6.07) is 29.9. The Morgan fingerprint density at radius 1 is 0.943 bits per heavy atom. The molecule has 3 aliphatic rings. The maximum Gasteiger partial charge on any atom is 0.343 e. The fraction of sp³-hybridized carbons (Fsp3) is 0.333. The highest BCUT2D eigenvalue weighted by Crippen LogP contribution is 2.43. The maximum atomic E-state index is 11.6. The number of esters is 1. The van der Waals surface area contributed by atoms with Crippen molar-refractivity contribution >= 4 is 12.2 Å². The van der Waals surface area contributed by atoms with Crippen LogP contribution in [0.2, 0.25) is 0 Å². The SMILES string of the molecule is COC(=O)COc1ccccc1/C=N\C1C2CCN(CC2)C1C(c1ccccc1)c1ccccc1. The molecule has 0 aliphatic carbocycles. The lowest BCUT2D eigenvalue weighted by Crippen LogP contribution is -2.59. The number of piperidine rings is 3. The molecule has 5 nitrogen and oxygen atoms in total. The summed E-state index contributed by atoms with van der Waals surface area (Å²) in [6.07, 6.45) is 4.30. The predicted molar refractivity (Wildman–Crippen MR) is 138 cm³/mol. The van der Waals surface area contributed by atoms with Gasteiger partial charge in [0, 0.05) is 23.7 Å². The highest BCUT2D eigenvalue weighted by molar-refractivity contribution is 5.84. The minimum atomic E-state index is -0.400. The van der Waals surface area contributed by atoms with Crippen LogP contribution in [0.4, 0.5) is 0 Å². The van der Waals surface area contributed by atoms with Crippen molar-refractivity contribution in [3.05, 3.63) is 102 Å². The Bertz CT molecular complexity index is 1100. The van der Waals surface area contributed by atoms with Gasteiger partial charge in [-0.05, 0) is 55.1 Å². The first kappa shape index (κ1) is 23.3. The summed E-state index contributed by atoms with van der Waals surface area (Å²) >= 11 is 0. The Hall–Kier alpha value is -3.44. The van der Waals surface area contributed by atoms with E-state index in [0.29, 0.717) is 11.7 Å². The second kappa shape index (κ2) is 10.9. The molecule has 0 spiro atoms. The molecule has 0 amide bonds. The van der Waals surface area contributed by atoms with Crippen LogP contribution in [0.25, 0.3) is 0 Å². The number of carbonyl (C=O) groups is 1. The number of para-hydroxylation sites is 1. The van der Waals surface area contributed by atoms with Crippen molar-refractivity contribution in [1.82, 2.24) is 4.90 Å². The third-order valence-corrected chi connectivity index (χ3v) is 7.37. The third-order valence-electron chi connectivity index (χ3n) is 7.37. The molecule has 5 heteroatoms. The molecule has 3 aromatic carbocycles. The molecule has 2 atom stereocenters. The summed E-state index contributed by atoms with van der Waals surface area (Å²) in [5.41, 5.74) is 3.54. The van der Waals surface area contributed by atoms with Crippen LogP contribution < -0.4 is 4.74 Å². The van der Waals surface area contributed by atoms with Crippen molar-refractivity contribution in [2.75, 3.05) is 26.8 Å². The smallest absolute Gasteiger partial charge is 0.343 e. The molecule has 180 valence electrons. The van der Waals surface area contributed by atoms with Crippen LogP contribution in [-0.4, -0.2) is 56.0 Å². The Morgan fingerprint density at radius 3 is 2.17 bits per heavy atom. The average molecular weight is 469 g/mol. The summed E-state index contributed by atoms with van der Waals surface area (Å²) in [5.74, 6) is 1.04. The maximum absolute atomic E-state index is 11.6. The van der Waals surface area contributed by atoms with E-state index < -0.39 is 5.97 Å². The number of fused-ring (bicyclic) bond motifs is 3. The number of aliphatic imine (C=N–C) groups is 1. The van der Waals surface area contributed by atoms with Gasteiger partial charge in [-0.25, -0.2) is 4.79 Å². The van der Waals surface area contributed by atoms with Crippen LogP contribution in [0.15, 0.2) is 89.9 Å². The Kier molecular flexibility index (Phi) is 7.24. The van der Waals surface area contributed by atoms with Gasteiger partial charge >= 0.3 is 5.97 Å². The number of methoxy groups -OCH3 is 1. The largest absolute Gasteiger partial charge is 0.481 e. The highest BCUT2D eigenvalue weighted by atomic mass is 16.6. The molecular weight excluding hydrogens is 436 g/mol. The van der Waals surface area contributed by atoms with Gasteiger partial charge in [0.15, 0.2) is 6.61 Å². The number of carbonyl (C=O) groups excluding carboxylic acids is 1. The van der Waals surface area contributed by atoms with Gasteiger partial charge in [0.25, 0.3) is 0 Å². The lowest BCUT2D eigenvalue weighted by atomic mass is 9.71. The second-order valence-electron chi connectivity index (χ2n) is 9.33. The molecule has 3 aliphatic heterocycles. The van der Waals surface area contributed by atoms with E-state index in [0.717, 1.165) is 18.7 Å². The number of hydrogen-bond acceptors (Lipinski definition) is 5. The molecule has 3 aromatic rings. The van der Waals surface area contributed by atoms with E-state index in [1.165, 1.54) is 31.1 Å². The Balaban J connectivity index is 1.49. The molecule has 2 bridgehead atoms. The summed E-state index contributed by atoms with van der Waals surface area (Å²) in [6.45, 7) is 2.13. The van der Waals surface area contributed by atoms with Gasteiger partial charge < -0.3 is 9.47 Å². The standard InChI is InChI=1S/C30H32N2O3/c1-34-27(33)21-35-26-15-9-8-14-25(26)20-31-29-24-16-18-32(19-17-24)30(29)28(22-10-4-2-5-11-22)23-12-6-3-7-13-23/h2-15,20,24,28-30H,16-19,21H2,1H3/b31-20-. The van der Waals surface area contributed by atoms with Crippen molar-refractivity contribution in [3.63, 3.8) is 0 Å². The zero-order valence-corrected chi connectivity index (χ0v) is 20.1. The Morgan fingerprint density at radius 2 is 1.54 bits per heavy atom. The van der Waals surface area contributed by atoms with Gasteiger partial charge in [-0.1, -0.05) is 72.8 Å².